The maximum Gasteiger partial charge on any atom is 0.311 e. The molecule has 0 bridgehead atoms. The van der Waals surface area contributed by atoms with Crippen LogP contribution in [0.5, 0.6) is 0 Å². The lowest BCUT2D eigenvalue weighted by Crippen LogP contribution is -2.43. The molecule has 1 aliphatic rings. The van der Waals surface area contributed by atoms with Gasteiger partial charge in [-0.15, -0.1) is 0 Å². The monoisotopic (exact) mass is 423 g/mol. The third-order valence-corrected chi connectivity index (χ3v) is 5.09. The zero-order valence-corrected chi connectivity index (χ0v) is 17.7. The van der Waals surface area contributed by atoms with E-state index in [1.54, 1.807) is 31.2 Å². The van der Waals surface area contributed by atoms with Crippen LogP contribution in [0, 0.1) is 26.7 Å². The van der Waals surface area contributed by atoms with E-state index in [-0.39, 0.29) is 18.9 Å². The molecule has 0 saturated carbocycles. The van der Waals surface area contributed by atoms with Crippen molar-refractivity contribution in [3.05, 3.63) is 64.7 Å². The number of carbonyl (C=O) groups is 4. The van der Waals surface area contributed by atoms with Gasteiger partial charge in [0, 0.05) is 17.7 Å². The van der Waals surface area contributed by atoms with Crippen LogP contribution in [0.4, 0.5) is 5.69 Å². The van der Waals surface area contributed by atoms with Crippen molar-refractivity contribution in [2.75, 3.05) is 18.5 Å². The predicted molar refractivity (Wildman–Crippen MR) is 114 cm³/mol. The number of benzene rings is 2. The van der Waals surface area contributed by atoms with Crippen LogP contribution >= 0.6 is 0 Å². The number of nitrogens with one attached hydrogen (secondary N) is 2. The topological polar surface area (TPSA) is 105 Å². The molecule has 3 rings (SSSR count). The van der Waals surface area contributed by atoms with Gasteiger partial charge in [0.15, 0.2) is 6.61 Å². The van der Waals surface area contributed by atoms with Gasteiger partial charge in [0.05, 0.1) is 12.5 Å². The van der Waals surface area contributed by atoms with Gasteiger partial charge in [0.1, 0.15) is 0 Å². The number of rotatable bonds is 6. The van der Waals surface area contributed by atoms with Gasteiger partial charge in [0.2, 0.25) is 5.91 Å². The van der Waals surface area contributed by atoms with Gasteiger partial charge in [-0.25, -0.2) is 0 Å². The quantitative estimate of drug-likeness (QED) is 0.694. The number of hydrogen-bond donors (Lipinski definition) is 2. The van der Waals surface area contributed by atoms with Crippen LogP contribution in [-0.4, -0.2) is 41.9 Å². The largest absolute Gasteiger partial charge is 0.455 e. The highest BCUT2D eigenvalue weighted by atomic mass is 16.5. The zero-order valence-electron chi connectivity index (χ0n) is 17.7. The summed E-state index contributed by atoms with van der Waals surface area (Å²) in [5.74, 6) is -2.68. The van der Waals surface area contributed by atoms with E-state index in [0.717, 1.165) is 21.7 Å². The Bertz CT molecular complexity index is 1030. The lowest BCUT2D eigenvalue weighted by molar-refractivity contribution is -0.151. The van der Waals surface area contributed by atoms with E-state index in [0.29, 0.717) is 11.3 Å². The Morgan fingerprint density at radius 3 is 2.52 bits per heavy atom. The van der Waals surface area contributed by atoms with Gasteiger partial charge in [-0.3, -0.25) is 29.6 Å². The number of carbonyl (C=O) groups excluding carboxylic acids is 4. The first-order chi connectivity index (χ1) is 14.7. The normalized spacial score (nSPS) is 15.5. The second-order valence-corrected chi connectivity index (χ2v) is 7.64. The Kier molecular flexibility index (Phi) is 6.69. The summed E-state index contributed by atoms with van der Waals surface area (Å²) in [4.78, 5) is 49.0. The third-order valence-electron chi connectivity index (χ3n) is 5.09. The number of ether oxygens (including phenoxy) is 1. The van der Waals surface area contributed by atoms with Crippen molar-refractivity contribution in [2.24, 2.45) is 5.92 Å². The maximum absolute atomic E-state index is 12.4. The van der Waals surface area contributed by atoms with Crippen molar-refractivity contribution in [3.63, 3.8) is 0 Å². The fourth-order valence-electron chi connectivity index (χ4n) is 3.38. The molecule has 1 fully saturated rings. The molecule has 1 heterocycles. The van der Waals surface area contributed by atoms with Crippen molar-refractivity contribution in [2.45, 2.75) is 27.2 Å². The molecule has 8 heteroatoms. The molecule has 0 aliphatic carbocycles. The Morgan fingerprint density at radius 1 is 1.06 bits per heavy atom. The fraction of sp³-hybridized carbons (Fsp3) is 0.304. The van der Waals surface area contributed by atoms with Crippen LogP contribution < -0.4 is 10.7 Å². The summed E-state index contributed by atoms with van der Waals surface area (Å²) in [6.45, 7) is 5.17. The molecule has 2 aromatic carbocycles. The predicted octanol–water partition coefficient (Wildman–Crippen LogP) is 2.29. The van der Waals surface area contributed by atoms with Crippen molar-refractivity contribution < 1.29 is 23.9 Å². The van der Waals surface area contributed by atoms with Gasteiger partial charge >= 0.3 is 5.97 Å². The van der Waals surface area contributed by atoms with E-state index in [2.05, 4.69) is 10.7 Å². The Labute approximate surface area is 180 Å². The molecule has 0 radical (unpaired) electrons. The minimum Gasteiger partial charge on any atom is -0.455 e. The maximum atomic E-state index is 12.4. The summed E-state index contributed by atoms with van der Waals surface area (Å²) in [5.41, 5.74) is 6.39. The van der Waals surface area contributed by atoms with Crippen LogP contribution in [-0.2, 0) is 19.1 Å². The van der Waals surface area contributed by atoms with Crippen molar-refractivity contribution in [3.8, 4) is 0 Å². The van der Waals surface area contributed by atoms with Gasteiger partial charge in [-0.2, -0.15) is 0 Å². The Hall–Kier alpha value is -3.68. The second-order valence-electron chi connectivity index (χ2n) is 7.64. The summed E-state index contributed by atoms with van der Waals surface area (Å²) in [5, 5.41) is 3.82. The zero-order chi connectivity index (χ0) is 22.5. The summed E-state index contributed by atoms with van der Waals surface area (Å²) >= 11 is 0. The average molecular weight is 423 g/mol. The molecule has 1 saturated heterocycles. The van der Waals surface area contributed by atoms with E-state index in [9.17, 15) is 19.2 Å². The van der Waals surface area contributed by atoms with Gasteiger partial charge in [0.25, 0.3) is 11.8 Å². The number of aryl methyl sites for hydroxylation is 3. The number of amides is 3. The first-order valence-corrected chi connectivity index (χ1v) is 9.95. The molecule has 8 nitrogen and oxygen atoms in total. The van der Waals surface area contributed by atoms with E-state index >= 15 is 0 Å². The van der Waals surface area contributed by atoms with E-state index in [4.69, 9.17) is 4.74 Å². The van der Waals surface area contributed by atoms with Crippen LogP contribution in [0.15, 0.2) is 42.5 Å². The molecular formula is C23H25N3O5. The number of hydrazine groups is 1. The number of nitrogens with zero attached hydrogens (tertiary/aromatic N) is 1. The van der Waals surface area contributed by atoms with Gasteiger partial charge in [-0.05, 0) is 44.0 Å². The molecule has 1 aliphatic heterocycles. The summed E-state index contributed by atoms with van der Waals surface area (Å²) < 4.78 is 5.09. The van der Waals surface area contributed by atoms with E-state index in [1.807, 2.05) is 32.0 Å². The second kappa shape index (κ2) is 9.42. The highest BCUT2D eigenvalue weighted by Crippen LogP contribution is 2.19. The summed E-state index contributed by atoms with van der Waals surface area (Å²) in [7, 11) is 0. The molecule has 0 unspecified atom stereocenters. The van der Waals surface area contributed by atoms with Crippen LogP contribution in [0.1, 0.15) is 33.5 Å². The fourth-order valence-corrected chi connectivity index (χ4v) is 3.38. The van der Waals surface area contributed by atoms with Gasteiger partial charge < -0.3 is 10.1 Å². The van der Waals surface area contributed by atoms with Crippen LogP contribution in [0.3, 0.4) is 0 Å². The first-order valence-electron chi connectivity index (χ1n) is 9.95. The Morgan fingerprint density at radius 2 is 1.81 bits per heavy atom. The minimum atomic E-state index is -0.751. The standard InChI is InChI=1S/C23H25N3O5/c1-14-8-9-19(16(3)10-14)24-20(27)13-31-23(30)17-11-21(28)26(12-17)25-22(29)18-7-5-4-6-15(18)2/h4-10,17H,11-13H2,1-3H3,(H,24,27)(H,25,29)/t17-/m1/s1. The summed E-state index contributed by atoms with van der Waals surface area (Å²) in [6.07, 6.45) is -0.0917. The Balaban J connectivity index is 1.50. The van der Waals surface area contributed by atoms with Crippen LogP contribution in [0.2, 0.25) is 0 Å². The van der Waals surface area contributed by atoms with Crippen LogP contribution in [0.25, 0.3) is 0 Å². The SMILES string of the molecule is Cc1ccc(NC(=O)COC(=O)[C@@H]2CC(=O)N(NC(=O)c3ccccc3C)C2)c(C)c1. The molecule has 0 spiro atoms. The number of anilines is 1. The molecule has 3 amide bonds. The van der Waals surface area contributed by atoms with Crippen molar-refractivity contribution in [1.29, 1.82) is 0 Å². The highest BCUT2D eigenvalue weighted by Gasteiger charge is 2.36. The molecule has 2 aromatic rings. The molecule has 2 N–H and O–H groups in total. The van der Waals surface area contributed by atoms with Crippen molar-refractivity contribution in [1.82, 2.24) is 10.4 Å². The smallest absolute Gasteiger partial charge is 0.311 e. The molecular weight excluding hydrogens is 398 g/mol. The average Bonchev–Trinajstić information content (AvgIpc) is 3.09. The lowest BCUT2D eigenvalue weighted by atomic mass is 10.1. The molecule has 1 atom stereocenters. The van der Waals surface area contributed by atoms with Gasteiger partial charge in [-0.1, -0.05) is 35.9 Å². The number of hydrogen-bond acceptors (Lipinski definition) is 5. The highest BCUT2D eigenvalue weighted by molar-refractivity contribution is 5.98. The van der Waals surface area contributed by atoms with E-state index in [1.165, 1.54) is 0 Å². The number of esters is 1. The summed E-state index contributed by atoms with van der Waals surface area (Å²) in [6, 6.07) is 12.6. The third kappa shape index (κ3) is 5.48. The molecule has 162 valence electrons. The first kappa shape index (κ1) is 22.0. The lowest BCUT2D eigenvalue weighted by Gasteiger charge is -2.18. The minimum absolute atomic E-state index is 0.00598. The van der Waals surface area contributed by atoms with Crippen molar-refractivity contribution >= 4 is 29.4 Å². The molecule has 0 aromatic heterocycles. The van der Waals surface area contributed by atoms with E-state index < -0.39 is 30.3 Å². The molecule has 31 heavy (non-hydrogen) atoms.